The van der Waals surface area contributed by atoms with Gasteiger partial charge in [-0.05, 0) is 31.2 Å². The molecule has 9 nitrogen and oxygen atoms in total. The smallest absolute Gasteiger partial charge is 0.276 e. The fourth-order valence-electron chi connectivity index (χ4n) is 3.98. The van der Waals surface area contributed by atoms with E-state index in [9.17, 15) is 9.59 Å². The summed E-state index contributed by atoms with van der Waals surface area (Å²) in [6, 6.07) is 8.58. The number of fused-ring (bicyclic) bond motifs is 1. The third-order valence-electron chi connectivity index (χ3n) is 5.80. The molecule has 31 heavy (non-hydrogen) atoms. The number of nitrogens with one attached hydrogen (secondary N) is 1. The van der Waals surface area contributed by atoms with Crippen LogP contribution in [0.25, 0.3) is 11.5 Å². The van der Waals surface area contributed by atoms with Gasteiger partial charge in [0.25, 0.3) is 11.5 Å². The second-order valence-corrected chi connectivity index (χ2v) is 7.64. The van der Waals surface area contributed by atoms with E-state index in [2.05, 4.69) is 20.2 Å². The number of aromatic nitrogens is 6. The van der Waals surface area contributed by atoms with Gasteiger partial charge in [-0.3, -0.25) is 19.6 Å². The van der Waals surface area contributed by atoms with Gasteiger partial charge in [0.1, 0.15) is 5.52 Å². The first kappa shape index (κ1) is 19.2. The van der Waals surface area contributed by atoms with Crippen molar-refractivity contribution in [2.75, 3.05) is 13.1 Å². The monoisotopic (exact) mass is 421 g/mol. The van der Waals surface area contributed by atoms with E-state index in [1.807, 2.05) is 0 Å². The molecule has 0 saturated carbocycles. The molecule has 4 aromatic rings. The second-order valence-electron chi connectivity index (χ2n) is 7.64. The SMILES string of the molecule is Cc1c(C(=O)N2CCC(F)(c3ccccn3)CC2)cnn1-c1nn2cccc2c(=O)[nH]1. The highest BCUT2D eigenvalue weighted by molar-refractivity contribution is 5.95. The number of halogens is 1. The fourth-order valence-corrected chi connectivity index (χ4v) is 3.98. The lowest BCUT2D eigenvalue weighted by molar-refractivity contribution is 0.0402. The average molecular weight is 421 g/mol. The molecular formula is C21H20FN7O2. The lowest BCUT2D eigenvalue weighted by Crippen LogP contribution is -2.43. The Morgan fingerprint density at radius 2 is 2.00 bits per heavy atom. The zero-order chi connectivity index (χ0) is 21.6. The number of carbonyl (C=O) groups excluding carboxylic acids is 1. The molecule has 0 aromatic carbocycles. The summed E-state index contributed by atoms with van der Waals surface area (Å²) in [5, 5.41) is 8.59. The molecule has 1 aliphatic heterocycles. The van der Waals surface area contributed by atoms with Crippen LogP contribution in [0.5, 0.6) is 0 Å². The minimum Gasteiger partial charge on any atom is -0.338 e. The number of amides is 1. The van der Waals surface area contributed by atoms with Crippen LogP contribution >= 0.6 is 0 Å². The van der Waals surface area contributed by atoms with Crippen LogP contribution in [0.1, 0.15) is 34.6 Å². The summed E-state index contributed by atoms with van der Waals surface area (Å²) in [6.07, 6.45) is 5.06. The van der Waals surface area contributed by atoms with E-state index in [-0.39, 0.29) is 43.3 Å². The Balaban J connectivity index is 1.37. The number of pyridine rings is 1. The summed E-state index contributed by atoms with van der Waals surface area (Å²) in [4.78, 5) is 33.8. The predicted octanol–water partition coefficient (Wildman–Crippen LogP) is 2.01. The van der Waals surface area contributed by atoms with Crippen molar-refractivity contribution in [2.24, 2.45) is 0 Å². The molecule has 1 aliphatic rings. The molecule has 158 valence electrons. The third kappa shape index (κ3) is 3.20. The molecule has 0 unspecified atom stereocenters. The lowest BCUT2D eigenvalue weighted by Gasteiger charge is -2.36. The van der Waals surface area contributed by atoms with E-state index in [4.69, 9.17) is 0 Å². The van der Waals surface area contributed by atoms with E-state index in [1.54, 1.807) is 54.5 Å². The second kappa shape index (κ2) is 7.15. The predicted molar refractivity (Wildman–Crippen MR) is 110 cm³/mol. The Labute approximate surface area is 176 Å². The molecule has 1 fully saturated rings. The summed E-state index contributed by atoms with van der Waals surface area (Å²) < 4.78 is 18.2. The van der Waals surface area contributed by atoms with Gasteiger partial charge in [-0.15, -0.1) is 5.10 Å². The standard InChI is InChI=1S/C21H20FN7O2/c1-14-15(13-24-29(14)20-25-18(30)16-5-4-10-28(16)26-20)19(31)27-11-7-21(22,8-12-27)17-6-2-3-9-23-17/h2-6,9-10,13H,7-8,11-12H2,1H3,(H,25,26,30). The Kier molecular flexibility index (Phi) is 4.42. The van der Waals surface area contributed by atoms with Crippen molar-refractivity contribution >= 4 is 11.4 Å². The molecule has 4 aromatic heterocycles. The van der Waals surface area contributed by atoms with Crippen molar-refractivity contribution in [3.8, 4) is 5.95 Å². The molecule has 0 bridgehead atoms. The molecule has 10 heteroatoms. The van der Waals surface area contributed by atoms with Crippen molar-refractivity contribution in [1.29, 1.82) is 0 Å². The van der Waals surface area contributed by atoms with E-state index in [0.717, 1.165) is 0 Å². The maximum Gasteiger partial charge on any atom is 0.276 e. The number of hydrogen-bond acceptors (Lipinski definition) is 5. The topological polar surface area (TPSA) is 101 Å². The summed E-state index contributed by atoms with van der Waals surface area (Å²) in [5.41, 5.74) is -0.0850. The van der Waals surface area contributed by atoms with Gasteiger partial charge in [-0.25, -0.2) is 13.6 Å². The molecular weight excluding hydrogens is 401 g/mol. The van der Waals surface area contributed by atoms with Gasteiger partial charge in [-0.1, -0.05) is 6.07 Å². The number of nitrogens with zero attached hydrogens (tertiary/aromatic N) is 6. The van der Waals surface area contributed by atoms with E-state index in [0.29, 0.717) is 22.5 Å². The van der Waals surface area contributed by atoms with Gasteiger partial charge >= 0.3 is 0 Å². The van der Waals surface area contributed by atoms with Crippen LogP contribution < -0.4 is 5.56 Å². The highest BCUT2D eigenvalue weighted by Gasteiger charge is 2.39. The van der Waals surface area contributed by atoms with Crippen LogP contribution in [0.4, 0.5) is 4.39 Å². The van der Waals surface area contributed by atoms with Crippen LogP contribution in [0.3, 0.4) is 0 Å². The Morgan fingerprint density at radius 1 is 1.19 bits per heavy atom. The average Bonchev–Trinajstić information content (AvgIpc) is 3.41. The van der Waals surface area contributed by atoms with Crippen molar-refractivity contribution in [2.45, 2.75) is 25.4 Å². The molecule has 5 rings (SSSR count). The molecule has 0 spiro atoms. The van der Waals surface area contributed by atoms with Crippen LogP contribution in [0, 0.1) is 6.92 Å². The first-order valence-corrected chi connectivity index (χ1v) is 9.99. The van der Waals surface area contributed by atoms with Crippen LogP contribution in [-0.2, 0) is 5.67 Å². The van der Waals surface area contributed by atoms with Crippen molar-refractivity contribution in [3.63, 3.8) is 0 Å². The lowest BCUT2D eigenvalue weighted by atomic mass is 9.89. The summed E-state index contributed by atoms with van der Waals surface area (Å²) in [5.74, 6) is -0.0157. The van der Waals surface area contributed by atoms with Gasteiger partial charge in [0.2, 0.25) is 5.95 Å². The highest BCUT2D eigenvalue weighted by atomic mass is 19.1. The zero-order valence-corrected chi connectivity index (χ0v) is 16.8. The van der Waals surface area contributed by atoms with Gasteiger partial charge in [-0.2, -0.15) is 5.10 Å². The minimum atomic E-state index is -1.53. The number of piperidine rings is 1. The molecule has 0 aliphatic carbocycles. The highest BCUT2D eigenvalue weighted by Crippen LogP contribution is 2.36. The Hall–Kier alpha value is -3.82. The van der Waals surface area contributed by atoms with Crippen LogP contribution in [0.15, 0.2) is 53.7 Å². The minimum absolute atomic E-state index is 0.183. The Bertz CT molecular complexity index is 1320. The van der Waals surface area contributed by atoms with Crippen molar-refractivity contribution < 1.29 is 9.18 Å². The van der Waals surface area contributed by atoms with Gasteiger partial charge in [0.15, 0.2) is 5.67 Å². The number of aromatic amines is 1. The molecule has 0 atom stereocenters. The number of alkyl halides is 1. The summed E-state index contributed by atoms with van der Waals surface area (Å²) in [6.45, 7) is 2.29. The first-order valence-electron chi connectivity index (χ1n) is 9.99. The summed E-state index contributed by atoms with van der Waals surface area (Å²) >= 11 is 0. The van der Waals surface area contributed by atoms with Crippen molar-refractivity contribution in [3.05, 3.63) is 76.2 Å². The molecule has 1 amide bonds. The van der Waals surface area contributed by atoms with Gasteiger partial charge in [0, 0.05) is 38.3 Å². The van der Waals surface area contributed by atoms with Crippen LogP contribution in [-0.4, -0.2) is 53.3 Å². The number of rotatable bonds is 3. The Morgan fingerprint density at radius 3 is 2.74 bits per heavy atom. The van der Waals surface area contributed by atoms with Gasteiger partial charge < -0.3 is 4.90 Å². The van der Waals surface area contributed by atoms with Crippen molar-refractivity contribution in [1.82, 2.24) is 34.3 Å². The largest absolute Gasteiger partial charge is 0.338 e. The number of likely N-dealkylation sites (tertiary alicyclic amines) is 1. The van der Waals surface area contributed by atoms with E-state index in [1.165, 1.54) is 15.4 Å². The van der Waals surface area contributed by atoms with E-state index >= 15 is 4.39 Å². The maximum absolute atomic E-state index is 15.3. The van der Waals surface area contributed by atoms with Crippen LogP contribution in [0.2, 0.25) is 0 Å². The normalized spacial score (nSPS) is 16.0. The molecule has 0 radical (unpaired) electrons. The summed E-state index contributed by atoms with van der Waals surface area (Å²) in [7, 11) is 0. The first-order chi connectivity index (χ1) is 15.0. The quantitative estimate of drug-likeness (QED) is 0.545. The number of carbonyl (C=O) groups is 1. The fraction of sp³-hybridized carbons (Fsp3) is 0.286. The molecule has 1 N–H and O–H groups in total. The molecule has 5 heterocycles. The van der Waals surface area contributed by atoms with E-state index < -0.39 is 5.67 Å². The maximum atomic E-state index is 15.3. The number of H-pyrrole nitrogens is 1. The third-order valence-corrected chi connectivity index (χ3v) is 5.80. The van der Waals surface area contributed by atoms with Gasteiger partial charge in [0.05, 0.1) is 23.1 Å². The zero-order valence-electron chi connectivity index (χ0n) is 16.8. The number of hydrogen-bond donors (Lipinski definition) is 1. The molecule has 1 saturated heterocycles.